The van der Waals surface area contributed by atoms with E-state index < -0.39 is 0 Å². The van der Waals surface area contributed by atoms with Crippen LogP contribution in [-0.2, 0) is 19.6 Å². The first-order valence-corrected chi connectivity index (χ1v) is 16.8. The number of benzene rings is 4. The van der Waals surface area contributed by atoms with Gasteiger partial charge >= 0.3 is 0 Å². The Balaban J connectivity index is 1.16. The average Bonchev–Trinajstić information content (AvgIpc) is 3.88. The van der Waals surface area contributed by atoms with Crippen LogP contribution >= 0.6 is 11.3 Å². The molecule has 0 unspecified atom stereocenters. The maximum absolute atomic E-state index is 6.21. The van der Waals surface area contributed by atoms with Crippen LogP contribution in [0, 0.1) is 0 Å². The number of hydrogen-bond donors (Lipinski definition) is 0. The minimum Gasteiger partial charge on any atom is -0.496 e. The van der Waals surface area contributed by atoms with Crippen LogP contribution in [0.25, 0.3) is 20.5 Å². The molecule has 1 aliphatic heterocycles. The summed E-state index contributed by atoms with van der Waals surface area (Å²) >= 11 is 1.82. The number of hydrogen-bond acceptors (Lipinski definition) is 6. The number of rotatable bonds is 13. The topological polar surface area (TPSA) is 48.8 Å². The summed E-state index contributed by atoms with van der Waals surface area (Å²) in [4.78, 5) is 7.93. The summed E-state index contributed by atoms with van der Waals surface area (Å²) < 4.78 is 21.5. The van der Waals surface area contributed by atoms with Crippen molar-refractivity contribution in [2.45, 2.75) is 32.4 Å². The fraction of sp³-hybridized carbons (Fsp3) is 0.256. The molecular weight excluding hydrogens is 591 g/mol. The normalized spacial score (nSPS) is 13.3. The number of nitrogens with zero attached hydrogens (tertiary/aromatic N) is 3. The van der Waals surface area contributed by atoms with Crippen LogP contribution in [0.1, 0.15) is 35.1 Å². The molecule has 1 fully saturated rings. The molecule has 4 aromatic carbocycles. The minimum absolute atomic E-state index is 0.544. The molecule has 1 aliphatic rings. The molecular formula is C39H39N3O3S. The molecule has 0 amide bonds. The lowest BCUT2D eigenvalue weighted by Gasteiger charge is -2.15. The van der Waals surface area contributed by atoms with Crippen LogP contribution < -0.4 is 14.2 Å². The van der Waals surface area contributed by atoms with E-state index in [-0.39, 0.29) is 0 Å². The van der Waals surface area contributed by atoms with Gasteiger partial charge in [-0.1, -0.05) is 42.5 Å². The van der Waals surface area contributed by atoms with Gasteiger partial charge in [0.05, 0.1) is 20.0 Å². The Hall–Kier alpha value is -4.59. The summed E-state index contributed by atoms with van der Waals surface area (Å²) in [5, 5.41) is 1.25. The van der Waals surface area contributed by atoms with Crippen molar-refractivity contribution in [1.29, 1.82) is 0 Å². The highest BCUT2D eigenvalue weighted by Gasteiger charge is 2.17. The summed E-state index contributed by atoms with van der Waals surface area (Å²) in [7, 11) is 1.74. The summed E-state index contributed by atoms with van der Waals surface area (Å²) in [6, 6.07) is 32.0. The summed E-state index contributed by atoms with van der Waals surface area (Å²) in [6.07, 6.45) is 8.99. The van der Waals surface area contributed by atoms with Gasteiger partial charge in [0, 0.05) is 34.1 Å². The van der Waals surface area contributed by atoms with Crippen molar-refractivity contribution < 1.29 is 14.2 Å². The average molecular weight is 630 g/mol. The van der Waals surface area contributed by atoms with E-state index in [1.54, 1.807) is 13.3 Å². The van der Waals surface area contributed by atoms with E-state index >= 15 is 0 Å². The second-order valence-corrected chi connectivity index (χ2v) is 12.9. The lowest BCUT2D eigenvalue weighted by Crippen LogP contribution is -2.25. The third-order valence-corrected chi connectivity index (χ3v) is 9.89. The van der Waals surface area contributed by atoms with Crippen molar-refractivity contribution >= 4 is 21.4 Å². The highest BCUT2D eigenvalue weighted by atomic mass is 32.1. The molecule has 46 heavy (non-hydrogen) atoms. The van der Waals surface area contributed by atoms with Crippen molar-refractivity contribution in [2.75, 3.05) is 33.4 Å². The van der Waals surface area contributed by atoms with Gasteiger partial charge in [-0.3, -0.25) is 4.90 Å². The molecule has 234 valence electrons. The highest BCUT2D eigenvalue weighted by Crippen LogP contribution is 2.42. The number of ether oxygens (including phenoxy) is 3. The fourth-order valence-electron chi connectivity index (χ4n) is 6.18. The molecule has 0 spiro atoms. The molecule has 1 saturated heterocycles. The van der Waals surface area contributed by atoms with Gasteiger partial charge < -0.3 is 18.8 Å². The molecule has 0 N–H and O–H groups in total. The van der Waals surface area contributed by atoms with Crippen molar-refractivity contribution in [3.63, 3.8) is 0 Å². The van der Waals surface area contributed by atoms with Gasteiger partial charge in [0.25, 0.3) is 0 Å². The van der Waals surface area contributed by atoms with E-state index in [2.05, 4.69) is 87.2 Å². The van der Waals surface area contributed by atoms with Gasteiger partial charge in [0.1, 0.15) is 30.5 Å². The second kappa shape index (κ2) is 14.2. The van der Waals surface area contributed by atoms with E-state index in [0.717, 1.165) is 47.9 Å². The Morgan fingerprint density at radius 1 is 0.826 bits per heavy atom. The maximum atomic E-state index is 6.21. The third kappa shape index (κ3) is 7.11. The molecule has 7 heteroatoms. The van der Waals surface area contributed by atoms with Crippen LogP contribution in [-0.4, -0.2) is 47.8 Å². The van der Waals surface area contributed by atoms with Gasteiger partial charge in [-0.15, -0.1) is 11.3 Å². The number of likely N-dealkylation sites (tertiary alicyclic amines) is 1. The Morgan fingerprint density at radius 2 is 1.65 bits per heavy atom. The number of aromatic nitrogens is 2. The minimum atomic E-state index is 0.544. The quantitative estimate of drug-likeness (QED) is 0.128. The van der Waals surface area contributed by atoms with E-state index in [1.807, 2.05) is 42.1 Å². The first kappa shape index (κ1) is 30.1. The largest absolute Gasteiger partial charge is 0.496 e. The zero-order chi connectivity index (χ0) is 31.1. The van der Waals surface area contributed by atoms with E-state index in [0.29, 0.717) is 13.2 Å². The number of fused-ring (bicyclic) bond motifs is 1. The van der Waals surface area contributed by atoms with Crippen LogP contribution in [0.15, 0.2) is 110 Å². The van der Waals surface area contributed by atoms with Gasteiger partial charge in [-0.2, -0.15) is 0 Å². The molecule has 0 saturated carbocycles. The Labute approximate surface area is 274 Å². The van der Waals surface area contributed by atoms with Crippen molar-refractivity contribution in [3.05, 3.63) is 132 Å². The Morgan fingerprint density at radius 3 is 2.43 bits per heavy atom. The molecule has 2 aromatic heterocycles. The van der Waals surface area contributed by atoms with E-state index in [1.165, 1.54) is 57.6 Å². The van der Waals surface area contributed by atoms with Crippen LogP contribution in [0.4, 0.5) is 0 Å². The number of methoxy groups -OCH3 is 1. The predicted octanol–water partition coefficient (Wildman–Crippen LogP) is 8.47. The molecule has 6 aromatic rings. The monoisotopic (exact) mass is 629 g/mol. The Bertz CT molecular complexity index is 1860. The van der Waals surface area contributed by atoms with Gasteiger partial charge in [0.2, 0.25) is 0 Å². The lowest BCUT2D eigenvalue weighted by atomic mass is 9.97. The highest BCUT2D eigenvalue weighted by molar-refractivity contribution is 7.22. The first-order valence-electron chi connectivity index (χ1n) is 16.0. The van der Waals surface area contributed by atoms with Crippen LogP contribution in [0.5, 0.6) is 17.2 Å². The predicted molar refractivity (Wildman–Crippen MR) is 186 cm³/mol. The van der Waals surface area contributed by atoms with E-state index in [4.69, 9.17) is 14.2 Å². The number of imidazole rings is 1. The molecule has 0 atom stereocenters. The second-order valence-electron chi connectivity index (χ2n) is 11.8. The standard InChI is InChI=1S/C39H39N3O3S/c1-43-37-24-30(9-10-32(37)26-42-20-17-40-28-42)23-36-35-16-15-34(45-27-29-7-3-2-4-8-29)25-38(35)46-39(36)31-11-13-33(14-12-31)44-22-21-41-18-5-6-19-41/h2-4,7-17,20,24-25,28H,5-6,18-19,21-23,26-27H2,1H3. The SMILES string of the molecule is COc1cc(Cc2c(-c3ccc(OCCN4CCCC4)cc3)sc3cc(OCc4ccccc4)ccc23)ccc1Cn1ccnc1. The van der Waals surface area contributed by atoms with Gasteiger partial charge in [-0.25, -0.2) is 4.98 Å². The number of thiophene rings is 1. The zero-order valence-electron chi connectivity index (χ0n) is 26.2. The molecule has 6 nitrogen and oxygen atoms in total. The smallest absolute Gasteiger partial charge is 0.124 e. The molecule has 3 heterocycles. The van der Waals surface area contributed by atoms with E-state index in [9.17, 15) is 0 Å². The zero-order valence-corrected chi connectivity index (χ0v) is 27.0. The molecule has 0 aliphatic carbocycles. The van der Waals surface area contributed by atoms with Crippen LogP contribution in [0.2, 0.25) is 0 Å². The van der Waals surface area contributed by atoms with Gasteiger partial charge in [0.15, 0.2) is 0 Å². The van der Waals surface area contributed by atoms with Crippen molar-refractivity contribution in [3.8, 4) is 27.7 Å². The Kier molecular flexibility index (Phi) is 9.31. The molecule has 0 bridgehead atoms. The summed E-state index contributed by atoms with van der Waals surface area (Å²) in [5.41, 5.74) is 5.99. The van der Waals surface area contributed by atoms with Crippen LogP contribution in [0.3, 0.4) is 0 Å². The molecule has 0 radical (unpaired) electrons. The summed E-state index contributed by atoms with van der Waals surface area (Å²) in [6.45, 7) is 5.35. The van der Waals surface area contributed by atoms with Crippen molar-refractivity contribution in [2.24, 2.45) is 0 Å². The third-order valence-electron chi connectivity index (χ3n) is 8.65. The maximum Gasteiger partial charge on any atom is 0.124 e. The van der Waals surface area contributed by atoms with Crippen molar-refractivity contribution in [1.82, 2.24) is 14.5 Å². The first-order chi connectivity index (χ1) is 22.7. The van der Waals surface area contributed by atoms with Gasteiger partial charge in [-0.05, 0) is 109 Å². The summed E-state index contributed by atoms with van der Waals surface area (Å²) in [5.74, 6) is 2.68. The fourth-order valence-corrected chi connectivity index (χ4v) is 7.44. The molecule has 7 rings (SSSR count). The lowest BCUT2D eigenvalue weighted by molar-refractivity contribution is 0.238.